The minimum absolute atomic E-state index is 0.268. The first kappa shape index (κ1) is 23.3. The van der Waals surface area contributed by atoms with E-state index in [9.17, 15) is 4.39 Å². The number of benzene rings is 4. The number of nitrogens with zero attached hydrogens (tertiary/aromatic N) is 1. The number of rotatable bonds is 3. The van der Waals surface area contributed by atoms with Gasteiger partial charge in [0.15, 0.2) is 7.85 Å². The average Bonchev–Trinajstić information content (AvgIpc) is 3.29. The maximum Gasteiger partial charge on any atom is 0.163 e. The molecule has 0 saturated heterocycles. The molecule has 2 heterocycles. The number of fused-ring (bicyclic) bond motifs is 3. The van der Waals surface area contributed by atoms with Crippen molar-refractivity contribution in [3.05, 3.63) is 96.1 Å². The Kier molecular flexibility index (Phi) is 5.52. The SMILES string of the molecule is Bc1nc(-c2cccc3c2oc2c(-c4ccc(-c5ccc(C)cc5)cc4)c(F)ccc23)c(B)c(F)c1B. The van der Waals surface area contributed by atoms with E-state index in [1.165, 1.54) is 11.6 Å². The Morgan fingerprint density at radius 1 is 0.676 bits per heavy atom. The zero-order valence-electron chi connectivity index (χ0n) is 21.1. The second-order valence-corrected chi connectivity index (χ2v) is 9.64. The lowest BCUT2D eigenvalue weighted by Gasteiger charge is -2.12. The van der Waals surface area contributed by atoms with Crippen molar-refractivity contribution in [2.24, 2.45) is 0 Å². The van der Waals surface area contributed by atoms with Gasteiger partial charge in [-0.1, -0.05) is 66.2 Å². The van der Waals surface area contributed by atoms with Crippen molar-refractivity contribution in [3.8, 4) is 33.5 Å². The molecule has 0 aliphatic rings. The van der Waals surface area contributed by atoms with Crippen molar-refractivity contribution in [1.29, 1.82) is 0 Å². The van der Waals surface area contributed by atoms with Gasteiger partial charge in [-0.25, -0.2) is 8.78 Å². The number of aryl methyl sites for hydroxylation is 1. The number of aromatic nitrogens is 1. The number of para-hydroxylation sites is 1. The summed E-state index contributed by atoms with van der Waals surface area (Å²) in [6, 6.07) is 25.1. The number of hydrogen-bond donors (Lipinski definition) is 0. The maximum absolute atomic E-state index is 15.3. The molecule has 0 aliphatic heterocycles. The van der Waals surface area contributed by atoms with E-state index in [1.807, 2.05) is 42.5 Å². The smallest absolute Gasteiger partial charge is 0.163 e. The second-order valence-electron chi connectivity index (χ2n) is 9.64. The molecule has 0 N–H and O–H groups in total. The summed E-state index contributed by atoms with van der Waals surface area (Å²) >= 11 is 0. The fourth-order valence-corrected chi connectivity index (χ4v) is 5.01. The van der Waals surface area contributed by atoms with E-state index in [0.717, 1.165) is 27.5 Å². The quantitative estimate of drug-likeness (QED) is 0.362. The van der Waals surface area contributed by atoms with Gasteiger partial charge in [0.2, 0.25) is 0 Å². The lowest BCUT2D eigenvalue weighted by molar-refractivity contribution is 0.622. The fraction of sp³-hybridized carbons (Fsp3) is 0.0333. The second kappa shape index (κ2) is 8.77. The van der Waals surface area contributed by atoms with Gasteiger partial charge in [-0.15, -0.1) is 0 Å². The van der Waals surface area contributed by atoms with Crippen molar-refractivity contribution in [2.45, 2.75) is 6.92 Å². The van der Waals surface area contributed by atoms with Gasteiger partial charge in [0, 0.05) is 16.3 Å². The first-order valence-electron chi connectivity index (χ1n) is 12.3. The molecule has 0 bridgehead atoms. The number of pyridine rings is 1. The van der Waals surface area contributed by atoms with Crippen LogP contribution in [0.2, 0.25) is 0 Å². The Bertz CT molecular complexity index is 1830. The van der Waals surface area contributed by atoms with Gasteiger partial charge in [-0.05, 0) is 58.3 Å². The topological polar surface area (TPSA) is 26.0 Å². The van der Waals surface area contributed by atoms with Crippen LogP contribution in [0.15, 0.2) is 83.3 Å². The molecule has 4 aromatic carbocycles. The van der Waals surface area contributed by atoms with E-state index in [1.54, 1.807) is 29.6 Å². The molecule has 2 aromatic heterocycles. The lowest BCUT2D eigenvalue weighted by Crippen LogP contribution is -2.38. The third-order valence-corrected chi connectivity index (χ3v) is 7.27. The van der Waals surface area contributed by atoms with Crippen LogP contribution in [-0.4, -0.2) is 28.5 Å². The summed E-state index contributed by atoms with van der Waals surface area (Å²) in [5.41, 5.74) is 8.39. The van der Waals surface area contributed by atoms with E-state index >= 15 is 4.39 Å². The van der Waals surface area contributed by atoms with Crippen LogP contribution >= 0.6 is 0 Å². The van der Waals surface area contributed by atoms with Gasteiger partial charge in [-0.3, -0.25) is 4.98 Å². The normalized spacial score (nSPS) is 11.4. The zero-order chi connectivity index (χ0) is 25.8. The highest BCUT2D eigenvalue weighted by molar-refractivity contribution is 6.50. The molecule has 37 heavy (non-hydrogen) atoms. The molecule has 176 valence electrons. The lowest BCUT2D eigenvalue weighted by atomic mass is 9.78. The summed E-state index contributed by atoms with van der Waals surface area (Å²) in [6.07, 6.45) is 0. The third-order valence-electron chi connectivity index (χ3n) is 7.27. The molecule has 6 aromatic rings. The minimum Gasteiger partial charge on any atom is -0.455 e. The molecule has 0 unspecified atom stereocenters. The van der Waals surface area contributed by atoms with Gasteiger partial charge in [0.05, 0.1) is 11.3 Å². The molecule has 0 radical (unpaired) electrons. The minimum atomic E-state index is -0.359. The van der Waals surface area contributed by atoms with E-state index in [2.05, 4.69) is 31.2 Å². The fourth-order valence-electron chi connectivity index (χ4n) is 5.01. The van der Waals surface area contributed by atoms with E-state index in [-0.39, 0.29) is 11.6 Å². The molecule has 0 saturated carbocycles. The Labute approximate surface area is 216 Å². The predicted molar refractivity (Wildman–Crippen MR) is 157 cm³/mol. The monoisotopic (exact) mass is 483 g/mol. The highest BCUT2D eigenvalue weighted by Crippen LogP contribution is 2.40. The average molecular weight is 483 g/mol. The van der Waals surface area contributed by atoms with E-state index in [4.69, 9.17) is 9.40 Å². The van der Waals surface area contributed by atoms with Gasteiger partial charge in [0.1, 0.15) is 38.5 Å². The summed E-state index contributed by atoms with van der Waals surface area (Å²) in [7, 11) is 5.26. The first-order chi connectivity index (χ1) is 17.8. The summed E-state index contributed by atoms with van der Waals surface area (Å²) in [6.45, 7) is 2.06. The summed E-state index contributed by atoms with van der Waals surface area (Å²) in [5.74, 6) is -0.626. The Balaban J connectivity index is 1.55. The van der Waals surface area contributed by atoms with Crippen LogP contribution < -0.4 is 16.5 Å². The van der Waals surface area contributed by atoms with Crippen LogP contribution in [0.1, 0.15) is 5.56 Å². The summed E-state index contributed by atoms with van der Waals surface area (Å²) in [4.78, 5) is 4.69. The van der Waals surface area contributed by atoms with E-state index in [0.29, 0.717) is 44.5 Å². The van der Waals surface area contributed by atoms with Crippen molar-refractivity contribution in [1.82, 2.24) is 4.98 Å². The van der Waals surface area contributed by atoms with Crippen LogP contribution in [0.5, 0.6) is 0 Å². The van der Waals surface area contributed by atoms with E-state index < -0.39 is 0 Å². The predicted octanol–water partition coefficient (Wildman–Crippen LogP) is 3.34. The van der Waals surface area contributed by atoms with Crippen LogP contribution in [0.4, 0.5) is 8.78 Å². The molecular formula is C30H22B3F2NO. The number of furan rings is 1. The maximum atomic E-state index is 15.3. The summed E-state index contributed by atoms with van der Waals surface area (Å²) in [5, 5.41) is 1.64. The molecule has 0 aliphatic carbocycles. The molecule has 6 rings (SSSR count). The van der Waals surface area contributed by atoms with Gasteiger partial charge in [0.25, 0.3) is 0 Å². The molecular weight excluding hydrogens is 461 g/mol. The molecule has 2 nitrogen and oxygen atoms in total. The van der Waals surface area contributed by atoms with Crippen molar-refractivity contribution < 1.29 is 13.2 Å². The van der Waals surface area contributed by atoms with Gasteiger partial charge in [-0.2, -0.15) is 0 Å². The van der Waals surface area contributed by atoms with Crippen molar-refractivity contribution >= 4 is 62.0 Å². The Morgan fingerprint density at radius 2 is 1.30 bits per heavy atom. The first-order valence-corrected chi connectivity index (χ1v) is 12.3. The Morgan fingerprint density at radius 3 is 2.00 bits per heavy atom. The number of hydrogen-bond acceptors (Lipinski definition) is 2. The molecule has 0 spiro atoms. The van der Waals surface area contributed by atoms with Gasteiger partial charge >= 0.3 is 0 Å². The summed E-state index contributed by atoms with van der Waals surface area (Å²) < 4.78 is 36.6. The van der Waals surface area contributed by atoms with Crippen molar-refractivity contribution in [3.63, 3.8) is 0 Å². The van der Waals surface area contributed by atoms with Crippen LogP contribution in [0.3, 0.4) is 0 Å². The Hall–Kier alpha value is -4.12. The largest absolute Gasteiger partial charge is 0.455 e. The van der Waals surface area contributed by atoms with Crippen LogP contribution in [0.25, 0.3) is 55.4 Å². The molecule has 7 heteroatoms. The number of halogens is 2. The highest BCUT2D eigenvalue weighted by Gasteiger charge is 2.21. The molecule has 0 amide bonds. The van der Waals surface area contributed by atoms with Gasteiger partial charge < -0.3 is 4.42 Å². The zero-order valence-corrected chi connectivity index (χ0v) is 21.1. The van der Waals surface area contributed by atoms with Crippen LogP contribution in [0, 0.1) is 18.6 Å². The molecule has 0 atom stereocenters. The standard InChI is InChI=1S/C30H22B3F2NO/c1-15-5-7-16(8-6-15)17-9-11-18(12-10-17)23-22(34)14-13-20-19-3-2-4-21(28(19)37-29(20)23)27-24(31)26(35)25(32)30(33)36-27/h2-14H,31-33H2,1H3. The van der Waals surface area contributed by atoms with Crippen LogP contribution in [-0.2, 0) is 0 Å². The highest BCUT2D eigenvalue weighted by atomic mass is 19.1. The third kappa shape index (κ3) is 3.77. The van der Waals surface area contributed by atoms with Crippen molar-refractivity contribution in [2.75, 3.05) is 0 Å². The molecule has 0 fully saturated rings.